The van der Waals surface area contributed by atoms with Gasteiger partial charge in [0.2, 0.25) is 6.79 Å². The van der Waals surface area contributed by atoms with Crippen LogP contribution in [0.15, 0.2) is 66.7 Å². The van der Waals surface area contributed by atoms with E-state index in [4.69, 9.17) is 14.2 Å². The van der Waals surface area contributed by atoms with Crippen LogP contribution in [0.25, 0.3) is 0 Å². The Hall–Kier alpha value is -3.74. The van der Waals surface area contributed by atoms with E-state index in [2.05, 4.69) is 10.6 Å². The summed E-state index contributed by atoms with van der Waals surface area (Å²) < 4.78 is 29.6. The van der Waals surface area contributed by atoms with Gasteiger partial charge in [-0.3, -0.25) is 0 Å². The number of rotatable bonds is 6. The van der Waals surface area contributed by atoms with Crippen molar-refractivity contribution in [1.82, 2.24) is 5.32 Å². The number of nitrogens with one attached hydrogen (secondary N) is 2. The Balaban J connectivity index is 1.30. The molecular formula is C22H19FN2O4. The second-order valence-electron chi connectivity index (χ2n) is 6.44. The Kier molecular flexibility index (Phi) is 5.47. The monoisotopic (exact) mass is 394 g/mol. The van der Waals surface area contributed by atoms with Gasteiger partial charge in [0.15, 0.2) is 11.5 Å². The summed E-state index contributed by atoms with van der Waals surface area (Å²) in [5.41, 5.74) is 2.21. The third-order valence-corrected chi connectivity index (χ3v) is 4.28. The maximum Gasteiger partial charge on any atom is 0.319 e. The molecule has 148 valence electrons. The molecule has 0 unspecified atom stereocenters. The molecular weight excluding hydrogens is 375 g/mol. The highest BCUT2D eigenvalue weighted by atomic mass is 19.1. The summed E-state index contributed by atoms with van der Waals surface area (Å²) in [4.78, 5) is 12.1. The molecule has 6 nitrogen and oxygen atoms in total. The Morgan fingerprint density at radius 1 is 0.966 bits per heavy atom. The number of ether oxygens (including phenoxy) is 3. The molecule has 0 saturated carbocycles. The molecule has 2 amide bonds. The lowest BCUT2D eigenvalue weighted by Gasteiger charge is -2.10. The van der Waals surface area contributed by atoms with Gasteiger partial charge in [-0.25, -0.2) is 9.18 Å². The first-order valence-electron chi connectivity index (χ1n) is 9.06. The van der Waals surface area contributed by atoms with Gasteiger partial charge in [-0.05, 0) is 47.5 Å². The van der Waals surface area contributed by atoms with Crippen molar-refractivity contribution in [1.29, 1.82) is 0 Å². The van der Waals surface area contributed by atoms with Crippen molar-refractivity contribution in [3.8, 4) is 17.2 Å². The van der Waals surface area contributed by atoms with E-state index in [1.807, 2.05) is 24.3 Å². The molecule has 3 aromatic carbocycles. The summed E-state index contributed by atoms with van der Waals surface area (Å²) in [7, 11) is 0. The molecule has 0 bridgehead atoms. The predicted octanol–water partition coefficient (Wildman–Crippen LogP) is 4.46. The summed E-state index contributed by atoms with van der Waals surface area (Å²) in [5, 5.41) is 5.47. The van der Waals surface area contributed by atoms with Crippen LogP contribution >= 0.6 is 0 Å². The van der Waals surface area contributed by atoms with E-state index in [9.17, 15) is 9.18 Å². The second-order valence-corrected chi connectivity index (χ2v) is 6.44. The number of hydrogen-bond donors (Lipinski definition) is 2. The van der Waals surface area contributed by atoms with Crippen LogP contribution in [0.2, 0.25) is 0 Å². The molecule has 2 N–H and O–H groups in total. The topological polar surface area (TPSA) is 68.8 Å². The number of carbonyl (C=O) groups is 1. The van der Waals surface area contributed by atoms with E-state index < -0.39 is 0 Å². The van der Waals surface area contributed by atoms with Crippen molar-refractivity contribution >= 4 is 11.7 Å². The number of halogens is 1. The molecule has 29 heavy (non-hydrogen) atoms. The average molecular weight is 394 g/mol. The fraction of sp³-hybridized carbons (Fsp3) is 0.136. The zero-order valence-corrected chi connectivity index (χ0v) is 15.5. The number of carbonyl (C=O) groups excluding carboxylic acids is 1. The molecule has 0 fully saturated rings. The first-order valence-corrected chi connectivity index (χ1v) is 9.06. The van der Waals surface area contributed by atoms with Gasteiger partial charge in [0, 0.05) is 18.3 Å². The minimum Gasteiger partial charge on any atom is -0.489 e. The van der Waals surface area contributed by atoms with Gasteiger partial charge in [0.1, 0.15) is 18.2 Å². The van der Waals surface area contributed by atoms with Gasteiger partial charge < -0.3 is 24.8 Å². The number of benzene rings is 3. The molecule has 4 rings (SSSR count). The summed E-state index contributed by atoms with van der Waals surface area (Å²) >= 11 is 0. The maximum atomic E-state index is 13.2. The molecule has 7 heteroatoms. The minimum absolute atomic E-state index is 0.216. The van der Waals surface area contributed by atoms with Crippen LogP contribution in [0.4, 0.5) is 14.9 Å². The molecule has 1 aliphatic rings. The number of fused-ring (bicyclic) bond motifs is 1. The van der Waals surface area contributed by atoms with Crippen LogP contribution in [-0.4, -0.2) is 12.8 Å². The van der Waals surface area contributed by atoms with E-state index in [1.165, 1.54) is 12.1 Å². The highest BCUT2D eigenvalue weighted by molar-refractivity contribution is 5.89. The van der Waals surface area contributed by atoms with E-state index >= 15 is 0 Å². The van der Waals surface area contributed by atoms with Gasteiger partial charge in [0.05, 0.1) is 0 Å². The third kappa shape index (κ3) is 4.95. The standard InChI is InChI=1S/C22H19FN2O4/c23-17-5-1-3-15(9-17)12-24-22(26)25-18-6-2-4-16(10-18)13-27-19-7-8-20-21(11-19)29-14-28-20/h1-11H,12-14H2,(H2,24,25,26). The van der Waals surface area contributed by atoms with Gasteiger partial charge >= 0.3 is 6.03 Å². The first kappa shape index (κ1) is 18.6. The lowest BCUT2D eigenvalue weighted by Crippen LogP contribution is -2.28. The summed E-state index contributed by atoms with van der Waals surface area (Å²) in [6.45, 7) is 0.782. The van der Waals surface area contributed by atoms with Crippen LogP contribution in [0.3, 0.4) is 0 Å². The molecule has 0 radical (unpaired) electrons. The van der Waals surface area contributed by atoms with Crippen LogP contribution in [0.1, 0.15) is 11.1 Å². The lowest BCUT2D eigenvalue weighted by atomic mass is 10.2. The molecule has 0 spiro atoms. The van der Waals surface area contributed by atoms with E-state index in [0.717, 1.165) is 5.56 Å². The average Bonchev–Trinajstić information content (AvgIpc) is 3.19. The Morgan fingerprint density at radius 2 is 1.79 bits per heavy atom. The number of amides is 2. The minimum atomic E-state index is -0.372. The third-order valence-electron chi connectivity index (χ3n) is 4.28. The van der Waals surface area contributed by atoms with E-state index in [-0.39, 0.29) is 25.2 Å². The Morgan fingerprint density at radius 3 is 2.69 bits per heavy atom. The Bertz CT molecular complexity index is 1030. The van der Waals surface area contributed by atoms with Crippen LogP contribution < -0.4 is 24.8 Å². The van der Waals surface area contributed by atoms with Crippen LogP contribution in [0.5, 0.6) is 17.2 Å². The molecule has 1 heterocycles. The fourth-order valence-corrected chi connectivity index (χ4v) is 2.88. The summed E-state index contributed by atoms with van der Waals surface area (Å²) in [5.74, 6) is 1.70. The molecule has 0 aromatic heterocycles. The molecule has 0 saturated heterocycles. The predicted molar refractivity (Wildman–Crippen MR) is 106 cm³/mol. The second kappa shape index (κ2) is 8.52. The van der Waals surface area contributed by atoms with Gasteiger partial charge in [-0.2, -0.15) is 0 Å². The van der Waals surface area contributed by atoms with Gasteiger partial charge in [-0.15, -0.1) is 0 Å². The van der Waals surface area contributed by atoms with Gasteiger partial charge in [-0.1, -0.05) is 24.3 Å². The summed E-state index contributed by atoms with van der Waals surface area (Å²) in [6.07, 6.45) is 0. The molecule has 3 aromatic rings. The van der Waals surface area contributed by atoms with E-state index in [0.29, 0.717) is 35.1 Å². The lowest BCUT2D eigenvalue weighted by molar-refractivity contribution is 0.173. The largest absolute Gasteiger partial charge is 0.489 e. The zero-order valence-electron chi connectivity index (χ0n) is 15.5. The SMILES string of the molecule is O=C(NCc1cccc(F)c1)Nc1cccc(COc2ccc3c(c2)OCO3)c1. The van der Waals surface area contributed by atoms with Crippen molar-refractivity contribution in [3.05, 3.63) is 83.7 Å². The number of anilines is 1. The van der Waals surface area contributed by atoms with Gasteiger partial charge in [0.25, 0.3) is 0 Å². The van der Waals surface area contributed by atoms with Crippen molar-refractivity contribution in [2.45, 2.75) is 13.2 Å². The quantitative estimate of drug-likeness (QED) is 0.648. The highest BCUT2D eigenvalue weighted by Crippen LogP contribution is 2.35. The van der Waals surface area contributed by atoms with Crippen molar-refractivity contribution in [3.63, 3.8) is 0 Å². The molecule has 0 atom stereocenters. The number of urea groups is 1. The smallest absolute Gasteiger partial charge is 0.319 e. The zero-order chi connectivity index (χ0) is 20.1. The summed E-state index contributed by atoms with van der Waals surface area (Å²) in [6, 6.07) is 18.5. The van der Waals surface area contributed by atoms with Crippen molar-refractivity contribution in [2.24, 2.45) is 0 Å². The number of hydrogen-bond acceptors (Lipinski definition) is 4. The maximum absolute atomic E-state index is 13.2. The fourth-order valence-electron chi connectivity index (χ4n) is 2.88. The highest BCUT2D eigenvalue weighted by Gasteiger charge is 2.13. The van der Waals surface area contributed by atoms with E-state index in [1.54, 1.807) is 30.3 Å². The molecule has 1 aliphatic heterocycles. The Labute approximate surface area is 167 Å². The molecule has 0 aliphatic carbocycles. The van der Waals surface area contributed by atoms with Crippen molar-refractivity contribution in [2.75, 3.05) is 12.1 Å². The normalized spacial score (nSPS) is 11.8. The van der Waals surface area contributed by atoms with Crippen LogP contribution in [0, 0.1) is 5.82 Å². The first-order chi connectivity index (χ1) is 14.2. The van der Waals surface area contributed by atoms with Crippen LogP contribution in [-0.2, 0) is 13.2 Å². The van der Waals surface area contributed by atoms with Crippen molar-refractivity contribution < 1.29 is 23.4 Å².